The number of benzene rings is 3. The lowest BCUT2D eigenvalue weighted by molar-refractivity contribution is -0.139. The third kappa shape index (κ3) is 6.24. The molecule has 54 heavy (non-hydrogen) atoms. The van der Waals surface area contributed by atoms with Crippen molar-refractivity contribution in [3.8, 4) is 6.07 Å². The van der Waals surface area contributed by atoms with Crippen LogP contribution in [0.3, 0.4) is 0 Å². The highest BCUT2D eigenvalue weighted by Crippen LogP contribution is 2.40. The number of anilines is 3. The summed E-state index contributed by atoms with van der Waals surface area (Å²) < 4.78 is 1.73. The van der Waals surface area contributed by atoms with Gasteiger partial charge in [-0.2, -0.15) is 10.4 Å². The Morgan fingerprint density at radius 3 is 2.24 bits per heavy atom. The van der Waals surface area contributed by atoms with Crippen LogP contribution in [0.4, 0.5) is 17.1 Å². The Morgan fingerprint density at radius 1 is 0.907 bits per heavy atom. The van der Waals surface area contributed by atoms with Crippen LogP contribution in [0.5, 0.6) is 0 Å². The van der Waals surface area contributed by atoms with Crippen LogP contribution in [0.1, 0.15) is 80.1 Å². The summed E-state index contributed by atoms with van der Waals surface area (Å²) >= 11 is 0. The minimum absolute atomic E-state index is 0.132. The van der Waals surface area contributed by atoms with Gasteiger partial charge >= 0.3 is 0 Å². The van der Waals surface area contributed by atoms with Crippen molar-refractivity contribution in [2.24, 2.45) is 11.8 Å². The van der Waals surface area contributed by atoms with Crippen molar-refractivity contribution in [2.45, 2.75) is 70.2 Å². The van der Waals surface area contributed by atoms with Gasteiger partial charge in [0.2, 0.25) is 11.8 Å². The first-order chi connectivity index (χ1) is 26.0. The molecule has 1 aromatic heterocycles. The third-order valence-electron chi connectivity index (χ3n) is 12.1. The van der Waals surface area contributed by atoms with Crippen LogP contribution < -0.4 is 20.4 Å². The minimum Gasteiger partial charge on any atom is -0.372 e. The van der Waals surface area contributed by atoms with Crippen LogP contribution >= 0.6 is 0 Å². The highest BCUT2D eigenvalue weighted by Gasteiger charge is 2.44. The minimum atomic E-state index is -1.23. The van der Waals surface area contributed by atoms with Crippen molar-refractivity contribution in [2.75, 3.05) is 41.3 Å². The van der Waals surface area contributed by atoms with E-state index in [1.165, 1.54) is 4.90 Å². The number of hydrogen-bond acceptors (Lipinski definition) is 9. The van der Waals surface area contributed by atoms with E-state index in [0.717, 1.165) is 74.0 Å². The van der Waals surface area contributed by atoms with E-state index in [2.05, 4.69) is 31.6 Å². The molecule has 278 valence electrons. The molecule has 13 heteroatoms. The van der Waals surface area contributed by atoms with E-state index in [1.54, 1.807) is 22.9 Å². The first-order valence-electron chi connectivity index (χ1n) is 18.8. The van der Waals surface area contributed by atoms with Gasteiger partial charge in [-0.3, -0.25) is 34.1 Å². The number of nitrogens with one attached hydrogen (secondary N) is 2. The van der Waals surface area contributed by atoms with Gasteiger partial charge in [-0.05, 0) is 88.1 Å². The van der Waals surface area contributed by atoms with E-state index < -0.39 is 29.6 Å². The number of rotatable bonds is 7. The number of carbonyl (C=O) groups is 4. The zero-order valence-corrected chi connectivity index (χ0v) is 30.5. The number of hydrogen-bond donors (Lipinski definition) is 3. The molecule has 0 saturated carbocycles. The maximum Gasteiger partial charge on any atom is 0.257 e. The molecule has 0 bridgehead atoms. The van der Waals surface area contributed by atoms with Crippen LogP contribution in [0.15, 0.2) is 67.0 Å². The molecule has 0 aliphatic carbocycles. The van der Waals surface area contributed by atoms with E-state index in [0.29, 0.717) is 34.2 Å². The van der Waals surface area contributed by atoms with Crippen LogP contribution in [0, 0.1) is 23.2 Å². The molecule has 0 spiro atoms. The van der Waals surface area contributed by atoms with E-state index in [4.69, 9.17) is 0 Å². The van der Waals surface area contributed by atoms with E-state index in [-0.39, 0.29) is 24.7 Å². The number of aromatic nitrogens is 2. The fourth-order valence-electron chi connectivity index (χ4n) is 8.74. The molecule has 4 amide bonds. The fraction of sp³-hybridized carbons (Fsp3) is 0.415. The summed E-state index contributed by atoms with van der Waals surface area (Å²) in [5.41, 5.74) is 3.12. The Morgan fingerprint density at radius 2 is 1.57 bits per heavy atom. The summed E-state index contributed by atoms with van der Waals surface area (Å²) in [5, 5.41) is 32.3. The number of carbonyl (C=O) groups excluding carboxylic acids is 4. The molecular weight excluding hydrogens is 685 g/mol. The molecule has 3 N–H and O–H groups in total. The van der Waals surface area contributed by atoms with Crippen LogP contribution in [-0.2, 0) is 19.9 Å². The second-order valence-corrected chi connectivity index (χ2v) is 15.4. The predicted octanol–water partition coefficient (Wildman–Crippen LogP) is 4.67. The van der Waals surface area contributed by atoms with Gasteiger partial charge in [0.15, 0.2) is 6.23 Å². The van der Waals surface area contributed by atoms with Gasteiger partial charge in [0.05, 0.1) is 23.5 Å². The first kappa shape index (κ1) is 35.3. The molecule has 8 rings (SSSR count). The summed E-state index contributed by atoms with van der Waals surface area (Å²) in [6.07, 6.45) is 7.17. The largest absolute Gasteiger partial charge is 0.372 e. The molecule has 5 heterocycles. The molecule has 4 aliphatic heterocycles. The quantitative estimate of drug-likeness (QED) is 0.230. The number of piperidine rings is 3. The summed E-state index contributed by atoms with van der Waals surface area (Å²) in [5.74, 6) is -0.276. The van der Waals surface area contributed by atoms with Crippen molar-refractivity contribution >= 4 is 51.5 Å². The lowest BCUT2D eigenvalue weighted by Gasteiger charge is -2.41. The smallest absolute Gasteiger partial charge is 0.257 e. The third-order valence-corrected chi connectivity index (χ3v) is 12.1. The summed E-state index contributed by atoms with van der Waals surface area (Å²) in [6, 6.07) is 18.0. The molecule has 4 aromatic rings. The number of amides is 4. The number of fused-ring (bicyclic) bond motifs is 2. The van der Waals surface area contributed by atoms with Gasteiger partial charge < -0.3 is 20.2 Å². The maximum atomic E-state index is 13.6. The second-order valence-electron chi connectivity index (χ2n) is 15.4. The fourth-order valence-corrected chi connectivity index (χ4v) is 8.74. The zero-order chi connectivity index (χ0) is 37.7. The summed E-state index contributed by atoms with van der Waals surface area (Å²) in [7, 11) is 0. The zero-order valence-electron chi connectivity index (χ0n) is 30.5. The lowest BCUT2D eigenvalue weighted by atomic mass is 9.78. The SMILES string of the molecule is CC(C)(C(=O)Nc1ccc(C#N)c2ccccc12)n1cc(N2CCC(C3CCN(c4ccc5c(c4)C(O)N(C4CCC(=O)NC4=O)C5=O)CC3)CC2)cn1. The molecule has 2 atom stereocenters. The van der Waals surface area contributed by atoms with Crippen molar-refractivity contribution in [1.82, 2.24) is 20.0 Å². The molecule has 3 aromatic carbocycles. The van der Waals surface area contributed by atoms with Crippen LogP contribution in [0.2, 0.25) is 0 Å². The number of nitrogens with zero attached hydrogens (tertiary/aromatic N) is 6. The van der Waals surface area contributed by atoms with E-state index in [1.807, 2.05) is 62.6 Å². The molecule has 3 fully saturated rings. The number of aliphatic hydroxyl groups is 1. The Hall–Kier alpha value is -5.74. The molecule has 0 radical (unpaired) electrons. The molecule has 2 unspecified atom stereocenters. The highest BCUT2D eigenvalue weighted by atomic mass is 16.3. The monoisotopic (exact) mass is 728 g/mol. The Labute approximate surface area is 313 Å². The number of aliphatic hydroxyl groups excluding tert-OH is 1. The van der Waals surface area contributed by atoms with Crippen molar-refractivity contribution < 1.29 is 24.3 Å². The standard InChI is InChI=1S/C41H44N8O5/c1-41(2,40(54)44-34-10-7-27(22-42)30-5-3-4-6-31(30)34)48-24-29(23-43-48)47-19-15-26(16-20-47)25-13-17-46(18-14-25)28-8-9-32-33(21-28)39(53)49(38(32)52)35-11-12-36(50)45-37(35)51/h3-10,21,23-26,35,39,53H,11-20H2,1-2H3,(H,44,54)(H,45,50,51). The van der Waals surface area contributed by atoms with Crippen molar-refractivity contribution in [3.63, 3.8) is 0 Å². The predicted molar refractivity (Wildman–Crippen MR) is 202 cm³/mol. The van der Waals surface area contributed by atoms with Crippen molar-refractivity contribution in [3.05, 3.63) is 83.7 Å². The molecule has 3 saturated heterocycles. The first-order valence-corrected chi connectivity index (χ1v) is 18.8. The molecule has 13 nitrogen and oxygen atoms in total. The average molecular weight is 729 g/mol. The van der Waals surface area contributed by atoms with Gasteiger partial charge in [-0.1, -0.05) is 24.3 Å². The summed E-state index contributed by atoms with van der Waals surface area (Å²) in [6.45, 7) is 7.30. The van der Waals surface area contributed by atoms with Gasteiger partial charge in [-0.15, -0.1) is 0 Å². The van der Waals surface area contributed by atoms with Gasteiger partial charge in [0.1, 0.15) is 11.6 Å². The molecule has 4 aliphatic rings. The number of imide groups is 1. The second kappa shape index (κ2) is 13.9. The Balaban J connectivity index is 0.849. The van der Waals surface area contributed by atoms with E-state index in [9.17, 15) is 29.5 Å². The van der Waals surface area contributed by atoms with Crippen LogP contribution in [0.25, 0.3) is 10.8 Å². The number of nitriles is 1. The Bertz CT molecular complexity index is 2190. The summed E-state index contributed by atoms with van der Waals surface area (Å²) in [4.78, 5) is 56.8. The van der Waals surface area contributed by atoms with E-state index >= 15 is 0 Å². The lowest BCUT2D eigenvalue weighted by Crippen LogP contribution is -2.53. The maximum absolute atomic E-state index is 13.6. The van der Waals surface area contributed by atoms with Gasteiger partial charge in [0.25, 0.3) is 11.8 Å². The van der Waals surface area contributed by atoms with Crippen molar-refractivity contribution in [1.29, 1.82) is 5.26 Å². The van der Waals surface area contributed by atoms with Crippen LogP contribution in [-0.4, -0.2) is 75.6 Å². The average Bonchev–Trinajstić information content (AvgIpc) is 3.79. The highest BCUT2D eigenvalue weighted by molar-refractivity contribution is 6.07. The normalized spacial score (nSPS) is 21.3. The topological polar surface area (TPSA) is 164 Å². The van der Waals surface area contributed by atoms with Gasteiger partial charge in [0, 0.05) is 72.1 Å². The Kier molecular flexibility index (Phi) is 9.09. The van der Waals surface area contributed by atoms with Gasteiger partial charge in [-0.25, -0.2) is 0 Å². The molecular formula is C41H44N8O5.